The molecule has 9 heteroatoms. The van der Waals surface area contributed by atoms with Gasteiger partial charge in [-0.3, -0.25) is 4.79 Å². The molecule has 1 N–H and O–H groups in total. The van der Waals surface area contributed by atoms with E-state index in [0.717, 1.165) is 0 Å². The number of anilines is 1. The number of benzene rings is 2. The molecule has 0 fully saturated rings. The smallest absolute Gasteiger partial charge is 0.341 e. The van der Waals surface area contributed by atoms with Gasteiger partial charge in [0.2, 0.25) is 0 Å². The zero-order valence-corrected chi connectivity index (χ0v) is 16.0. The van der Waals surface area contributed by atoms with E-state index in [1.165, 1.54) is 51.7 Å². The van der Waals surface area contributed by atoms with E-state index in [-0.39, 0.29) is 28.1 Å². The molecule has 0 bridgehead atoms. The van der Waals surface area contributed by atoms with E-state index in [1.807, 2.05) is 0 Å². The lowest BCUT2D eigenvalue weighted by Gasteiger charge is -2.12. The number of hydrogen-bond donors (Lipinski definition) is 1. The Kier molecular flexibility index (Phi) is 7.30. The summed E-state index contributed by atoms with van der Waals surface area (Å²) in [5, 5.41) is 2.52. The topological polar surface area (TPSA) is 117 Å². The monoisotopic (exact) mass is 401 g/mol. The van der Waals surface area contributed by atoms with E-state index < -0.39 is 30.4 Å². The van der Waals surface area contributed by atoms with E-state index in [0.29, 0.717) is 0 Å². The molecule has 2 aromatic rings. The van der Waals surface area contributed by atoms with E-state index in [9.17, 15) is 19.2 Å². The van der Waals surface area contributed by atoms with E-state index >= 15 is 0 Å². The largest absolute Gasteiger partial charge is 0.483 e. The zero-order valence-electron chi connectivity index (χ0n) is 16.0. The summed E-state index contributed by atoms with van der Waals surface area (Å²) in [5.74, 6) is -2.38. The molecule has 0 aromatic heterocycles. The molecule has 0 radical (unpaired) electrons. The summed E-state index contributed by atoms with van der Waals surface area (Å²) >= 11 is 0. The fraction of sp³-hybridized carbons (Fsp3) is 0.200. The summed E-state index contributed by atoms with van der Waals surface area (Å²) in [6.45, 7) is -0.427. The summed E-state index contributed by atoms with van der Waals surface area (Å²) in [4.78, 5) is 47.6. The van der Waals surface area contributed by atoms with Crippen LogP contribution >= 0.6 is 0 Å². The fourth-order valence-corrected chi connectivity index (χ4v) is 2.38. The second-order valence-electron chi connectivity index (χ2n) is 5.61. The van der Waals surface area contributed by atoms with Crippen molar-refractivity contribution in [1.29, 1.82) is 0 Å². The van der Waals surface area contributed by atoms with Crippen molar-refractivity contribution in [3.63, 3.8) is 0 Å². The third-order valence-electron chi connectivity index (χ3n) is 3.71. The van der Waals surface area contributed by atoms with Gasteiger partial charge in [-0.25, -0.2) is 14.4 Å². The van der Waals surface area contributed by atoms with Crippen molar-refractivity contribution >= 4 is 29.5 Å². The van der Waals surface area contributed by atoms with Crippen LogP contribution in [-0.2, 0) is 19.0 Å². The Bertz CT molecular complexity index is 904. The number of hydrogen-bond acceptors (Lipinski definition) is 8. The number of nitrogens with one attached hydrogen (secondary N) is 1. The molecule has 2 rings (SSSR count). The van der Waals surface area contributed by atoms with Gasteiger partial charge in [0.15, 0.2) is 6.61 Å². The molecule has 0 saturated carbocycles. The van der Waals surface area contributed by atoms with E-state index in [2.05, 4.69) is 19.5 Å². The molecule has 0 aliphatic rings. The third kappa shape index (κ3) is 5.55. The summed E-state index contributed by atoms with van der Waals surface area (Å²) in [6, 6.07) is 10.3. The quantitative estimate of drug-likeness (QED) is 0.553. The standard InChI is InChI=1S/C20H19NO8/c1-26-18(23)12-8-13(19(24)27-2)10-14(9-12)21-17(22)11-29-16-7-5-4-6-15(16)20(25)28-3/h4-10H,11H2,1-3H3,(H,21,22). The van der Waals surface area contributed by atoms with Crippen LogP contribution in [-0.4, -0.2) is 51.8 Å². The van der Waals surface area contributed by atoms with Crippen molar-refractivity contribution in [3.8, 4) is 5.75 Å². The molecule has 0 saturated heterocycles. The molecular formula is C20H19NO8. The Morgan fingerprint density at radius 1 is 0.793 bits per heavy atom. The maximum atomic E-state index is 12.3. The maximum absolute atomic E-state index is 12.3. The van der Waals surface area contributed by atoms with Gasteiger partial charge in [-0.1, -0.05) is 12.1 Å². The highest BCUT2D eigenvalue weighted by Crippen LogP contribution is 2.20. The highest BCUT2D eigenvalue weighted by molar-refractivity contribution is 6.00. The van der Waals surface area contributed by atoms with Crippen LogP contribution in [0, 0.1) is 0 Å². The Morgan fingerprint density at radius 3 is 1.90 bits per heavy atom. The van der Waals surface area contributed by atoms with Crippen molar-refractivity contribution in [2.24, 2.45) is 0 Å². The highest BCUT2D eigenvalue weighted by Gasteiger charge is 2.16. The minimum Gasteiger partial charge on any atom is -0.483 e. The van der Waals surface area contributed by atoms with E-state index in [4.69, 9.17) is 4.74 Å². The van der Waals surface area contributed by atoms with Crippen LogP contribution in [0.3, 0.4) is 0 Å². The number of rotatable bonds is 7. The number of para-hydroxylation sites is 1. The minimum atomic E-state index is -0.686. The Labute approximate surface area is 166 Å². The molecule has 0 heterocycles. The SMILES string of the molecule is COC(=O)c1cc(NC(=O)COc2ccccc2C(=O)OC)cc(C(=O)OC)c1. The first-order valence-corrected chi connectivity index (χ1v) is 8.31. The molecule has 1 amide bonds. The summed E-state index contributed by atoms with van der Waals surface area (Å²) in [6.07, 6.45) is 0. The van der Waals surface area contributed by atoms with Crippen molar-refractivity contribution in [1.82, 2.24) is 0 Å². The Hall–Kier alpha value is -3.88. The van der Waals surface area contributed by atoms with Gasteiger partial charge in [0.05, 0.1) is 32.5 Å². The van der Waals surface area contributed by atoms with E-state index in [1.54, 1.807) is 12.1 Å². The van der Waals surface area contributed by atoms with Gasteiger partial charge in [0.25, 0.3) is 5.91 Å². The number of ether oxygens (including phenoxy) is 4. The first kappa shape index (κ1) is 21.4. The average Bonchev–Trinajstić information content (AvgIpc) is 2.75. The molecule has 0 atom stereocenters. The summed E-state index contributed by atoms with van der Waals surface area (Å²) in [5.41, 5.74) is 0.455. The van der Waals surface area contributed by atoms with Crippen LogP contribution in [0.2, 0.25) is 0 Å². The number of esters is 3. The molecule has 9 nitrogen and oxygen atoms in total. The van der Waals surface area contributed by atoms with Gasteiger partial charge in [0, 0.05) is 5.69 Å². The van der Waals surface area contributed by atoms with Gasteiger partial charge in [-0.05, 0) is 30.3 Å². The van der Waals surface area contributed by atoms with Crippen LogP contribution in [0.25, 0.3) is 0 Å². The lowest BCUT2D eigenvalue weighted by atomic mass is 10.1. The number of amides is 1. The first-order chi connectivity index (χ1) is 13.9. The van der Waals surface area contributed by atoms with Crippen molar-refractivity contribution in [3.05, 3.63) is 59.2 Å². The van der Waals surface area contributed by atoms with Gasteiger partial charge in [-0.2, -0.15) is 0 Å². The summed E-state index contributed by atoms with van der Waals surface area (Å²) < 4.78 is 19.3. The number of carbonyl (C=O) groups excluding carboxylic acids is 4. The number of carbonyl (C=O) groups is 4. The fourth-order valence-electron chi connectivity index (χ4n) is 2.38. The lowest BCUT2D eigenvalue weighted by Crippen LogP contribution is -2.21. The number of methoxy groups -OCH3 is 3. The predicted molar refractivity (Wildman–Crippen MR) is 101 cm³/mol. The van der Waals surface area contributed by atoms with Gasteiger partial charge >= 0.3 is 17.9 Å². The molecule has 0 unspecified atom stereocenters. The molecule has 2 aromatic carbocycles. The Balaban J connectivity index is 2.16. The second kappa shape index (κ2) is 9.88. The van der Waals surface area contributed by atoms with Gasteiger partial charge in [-0.15, -0.1) is 0 Å². The molecular weight excluding hydrogens is 382 g/mol. The predicted octanol–water partition coefficient (Wildman–Crippen LogP) is 2.06. The molecule has 29 heavy (non-hydrogen) atoms. The van der Waals surface area contributed by atoms with Crippen LogP contribution in [0.1, 0.15) is 31.1 Å². The van der Waals surface area contributed by atoms with Crippen molar-refractivity contribution in [2.45, 2.75) is 0 Å². The van der Waals surface area contributed by atoms with Gasteiger partial charge < -0.3 is 24.3 Å². The normalized spacial score (nSPS) is 9.90. The third-order valence-corrected chi connectivity index (χ3v) is 3.71. The van der Waals surface area contributed by atoms with Crippen LogP contribution < -0.4 is 10.1 Å². The van der Waals surface area contributed by atoms with Crippen molar-refractivity contribution in [2.75, 3.05) is 33.3 Å². The first-order valence-electron chi connectivity index (χ1n) is 8.31. The lowest BCUT2D eigenvalue weighted by molar-refractivity contribution is -0.118. The molecule has 0 aliphatic heterocycles. The van der Waals surface area contributed by atoms with Crippen molar-refractivity contribution < 1.29 is 38.1 Å². The van der Waals surface area contributed by atoms with Crippen LogP contribution in [0.5, 0.6) is 5.75 Å². The van der Waals surface area contributed by atoms with Crippen LogP contribution in [0.4, 0.5) is 5.69 Å². The molecule has 152 valence electrons. The zero-order chi connectivity index (χ0) is 21.4. The maximum Gasteiger partial charge on any atom is 0.341 e. The molecule has 0 aliphatic carbocycles. The summed E-state index contributed by atoms with van der Waals surface area (Å²) in [7, 11) is 3.62. The molecule has 0 spiro atoms. The van der Waals surface area contributed by atoms with Crippen LogP contribution in [0.15, 0.2) is 42.5 Å². The minimum absolute atomic E-state index is 0.0580. The Morgan fingerprint density at radius 2 is 1.34 bits per heavy atom. The second-order valence-corrected chi connectivity index (χ2v) is 5.61. The van der Waals surface area contributed by atoms with Gasteiger partial charge in [0.1, 0.15) is 11.3 Å². The average molecular weight is 401 g/mol. The highest BCUT2D eigenvalue weighted by atomic mass is 16.5.